The van der Waals surface area contributed by atoms with Gasteiger partial charge in [0.25, 0.3) is 0 Å². The van der Waals surface area contributed by atoms with Crippen molar-refractivity contribution in [2.75, 3.05) is 36.5 Å². The number of benzene rings is 2. The summed E-state index contributed by atoms with van der Waals surface area (Å²) in [5.74, 6) is -0.105. The number of anilines is 3. The number of hydrogen-bond acceptors (Lipinski definition) is 5. The van der Waals surface area contributed by atoms with E-state index >= 15 is 0 Å². The summed E-state index contributed by atoms with van der Waals surface area (Å²) in [5, 5.41) is 0. The lowest BCUT2D eigenvalue weighted by atomic mass is 9.99. The molecule has 0 aromatic heterocycles. The summed E-state index contributed by atoms with van der Waals surface area (Å²) in [7, 11) is 1.38. The molecule has 0 N–H and O–H groups in total. The third kappa shape index (κ3) is 3.78. The number of esters is 1. The number of fused-ring (bicyclic) bond motifs is 1. The Labute approximate surface area is 173 Å². The van der Waals surface area contributed by atoms with Crippen LogP contribution in [0.25, 0.3) is 0 Å². The summed E-state index contributed by atoms with van der Waals surface area (Å²) in [6.07, 6.45) is -3.95. The van der Waals surface area contributed by atoms with Gasteiger partial charge in [0, 0.05) is 24.5 Å². The summed E-state index contributed by atoms with van der Waals surface area (Å²) >= 11 is 0. The number of nitrogens with zero attached hydrogens (tertiary/aromatic N) is 2. The molecule has 8 heteroatoms. The smallest absolute Gasteiger partial charge is 0.416 e. The monoisotopic (exact) mass is 420 g/mol. The maximum atomic E-state index is 13.2. The standard InChI is InChI=1S/C22H23F3N2O3/c1-3-18-13-27(19-8-7-15(22(23,24)25)9-20(19)30-18)17-6-4-5-16(10-17)26-11-14(12-26)21(28)29-2/h4-10,14,18H,3,11-13H2,1-2H3. The molecule has 5 nitrogen and oxygen atoms in total. The predicted molar refractivity (Wildman–Crippen MR) is 107 cm³/mol. The molecule has 30 heavy (non-hydrogen) atoms. The first-order valence-electron chi connectivity index (χ1n) is 9.88. The molecule has 1 unspecified atom stereocenters. The van der Waals surface area contributed by atoms with Crippen molar-refractivity contribution in [3.63, 3.8) is 0 Å². The Morgan fingerprint density at radius 2 is 1.87 bits per heavy atom. The minimum Gasteiger partial charge on any atom is -0.486 e. The predicted octanol–water partition coefficient (Wildman–Crippen LogP) is 4.62. The van der Waals surface area contributed by atoms with Crippen LogP contribution < -0.4 is 14.5 Å². The van der Waals surface area contributed by atoms with Crippen LogP contribution in [0.3, 0.4) is 0 Å². The number of carbonyl (C=O) groups is 1. The highest BCUT2D eigenvalue weighted by Gasteiger charge is 2.35. The van der Waals surface area contributed by atoms with Crippen molar-refractivity contribution < 1.29 is 27.4 Å². The first-order valence-corrected chi connectivity index (χ1v) is 9.88. The Hall–Kier alpha value is -2.90. The summed E-state index contributed by atoms with van der Waals surface area (Å²) in [4.78, 5) is 15.7. The number of halogens is 3. The molecule has 2 aromatic rings. The average Bonchev–Trinajstić information content (AvgIpc) is 2.70. The first-order chi connectivity index (χ1) is 14.3. The van der Waals surface area contributed by atoms with E-state index in [9.17, 15) is 18.0 Å². The van der Waals surface area contributed by atoms with Gasteiger partial charge in [-0.05, 0) is 42.8 Å². The lowest BCUT2D eigenvalue weighted by molar-refractivity contribution is -0.146. The lowest BCUT2D eigenvalue weighted by Gasteiger charge is -2.40. The number of ether oxygens (including phenoxy) is 2. The van der Waals surface area contributed by atoms with Crippen molar-refractivity contribution in [1.29, 1.82) is 0 Å². The Kier molecular flexibility index (Phi) is 5.26. The number of methoxy groups -OCH3 is 1. The van der Waals surface area contributed by atoms with Crippen LogP contribution in [0.1, 0.15) is 18.9 Å². The van der Waals surface area contributed by atoms with E-state index in [2.05, 4.69) is 4.90 Å². The topological polar surface area (TPSA) is 42.0 Å². The third-order valence-electron chi connectivity index (χ3n) is 5.64. The fourth-order valence-electron chi connectivity index (χ4n) is 3.85. The molecule has 2 aliphatic rings. The van der Waals surface area contributed by atoms with E-state index < -0.39 is 11.7 Å². The van der Waals surface area contributed by atoms with Gasteiger partial charge in [-0.3, -0.25) is 4.79 Å². The van der Waals surface area contributed by atoms with E-state index in [0.717, 1.165) is 23.5 Å². The Bertz CT molecular complexity index is 941. The zero-order valence-corrected chi connectivity index (χ0v) is 16.8. The average molecular weight is 420 g/mol. The number of alkyl halides is 3. The second kappa shape index (κ2) is 7.74. The molecule has 2 aromatic carbocycles. The Morgan fingerprint density at radius 3 is 2.53 bits per heavy atom. The molecule has 160 valence electrons. The summed E-state index contributed by atoms with van der Waals surface area (Å²) in [6, 6.07) is 11.4. The van der Waals surface area contributed by atoms with E-state index in [1.54, 1.807) is 0 Å². The minimum absolute atomic E-state index is 0.131. The zero-order valence-electron chi connectivity index (χ0n) is 16.8. The molecule has 2 aliphatic heterocycles. The molecule has 0 bridgehead atoms. The number of rotatable bonds is 4. The van der Waals surface area contributed by atoms with Crippen molar-refractivity contribution >= 4 is 23.0 Å². The van der Waals surface area contributed by atoms with E-state index in [-0.39, 0.29) is 23.7 Å². The van der Waals surface area contributed by atoms with Crippen LogP contribution in [0.5, 0.6) is 5.75 Å². The summed E-state index contributed by atoms with van der Waals surface area (Å²) in [6.45, 7) is 3.67. The van der Waals surface area contributed by atoms with Crippen molar-refractivity contribution in [3.8, 4) is 5.75 Å². The SMILES string of the molecule is CCC1CN(c2cccc(N3CC(C(=O)OC)C3)c2)c2ccc(C(F)(F)F)cc2O1. The second-order valence-electron chi connectivity index (χ2n) is 7.58. The van der Waals surface area contributed by atoms with Crippen LogP contribution in [0.4, 0.5) is 30.2 Å². The van der Waals surface area contributed by atoms with Crippen molar-refractivity contribution in [2.24, 2.45) is 5.92 Å². The van der Waals surface area contributed by atoms with Gasteiger partial charge < -0.3 is 19.3 Å². The van der Waals surface area contributed by atoms with Crippen LogP contribution in [0.2, 0.25) is 0 Å². The molecule has 2 heterocycles. The highest BCUT2D eigenvalue weighted by molar-refractivity contribution is 5.78. The molecular weight excluding hydrogens is 397 g/mol. The molecule has 0 aliphatic carbocycles. The van der Waals surface area contributed by atoms with Gasteiger partial charge in [0.15, 0.2) is 0 Å². The first kappa shape index (κ1) is 20.4. The van der Waals surface area contributed by atoms with Crippen molar-refractivity contribution in [1.82, 2.24) is 0 Å². The van der Waals surface area contributed by atoms with Gasteiger partial charge in [0.2, 0.25) is 0 Å². The van der Waals surface area contributed by atoms with Crippen LogP contribution in [-0.4, -0.2) is 38.8 Å². The molecule has 0 saturated carbocycles. The molecule has 1 atom stereocenters. The molecule has 0 spiro atoms. The molecular formula is C22H23F3N2O3. The van der Waals surface area contributed by atoms with Gasteiger partial charge in [0.1, 0.15) is 11.9 Å². The normalized spacial score (nSPS) is 19.0. The Morgan fingerprint density at radius 1 is 1.13 bits per heavy atom. The van der Waals surface area contributed by atoms with Gasteiger partial charge in [-0.25, -0.2) is 0 Å². The lowest BCUT2D eigenvalue weighted by Crippen LogP contribution is -2.50. The second-order valence-corrected chi connectivity index (χ2v) is 7.58. The van der Waals surface area contributed by atoms with Crippen molar-refractivity contribution in [2.45, 2.75) is 25.6 Å². The summed E-state index contributed by atoms with van der Waals surface area (Å²) in [5.41, 5.74) is 1.72. The van der Waals surface area contributed by atoms with E-state index in [1.807, 2.05) is 36.1 Å². The van der Waals surface area contributed by atoms with Gasteiger partial charge in [-0.2, -0.15) is 13.2 Å². The highest BCUT2D eigenvalue weighted by Crippen LogP contribution is 2.43. The molecule has 0 amide bonds. The van der Waals surface area contributed by atoms with E-state index in [4.69, 9.17) is 9.47 Å². The highest BCUT2D eigenvalue weighted by atomic mass is 19.4. The quantitative estimate of drug-likeness (QED) is 0.675. The Balaban J connectivity index is 1.62. The van der Waals surface area contributed by atoms with Gasteiger partial charge in [-0.15, -0.1) is 0 Å². The number of hydrogen-bond donors (Lipinski definition) is 0. The maximum Gasteiger partial charge on any atom is 0.416 e. The molecule has 1 fully saturated rings. The zero-order chi connectivity index (χ0) is 21.5. The van der Waals surface area contributed by atoms with Gasteiger partial charge >= 0.3 is 12.1 Å². The fraction of sp³-hybridized carbons (Fsp3) is 0.409. The van der Waals surface area contributed by atoms with Gasteiger partial charge in [0.05, 0.1) is 30.8 Å². The molecule has 1 saturated heterocycles. The largest absolute Gasteiger partial charge is 0.486 e. The summed E-state index contributed by atoms with van der Waals surface area (Å²) < 4.78 is 50.1. The molecule has 0 radical (unpaired) electrons. The minimum atomic E-state index is -4.42. The van der Waals surface area contributed by atoms with Gasteiger partial charge in [-0.1, -0.05) is 13.0 Å². The number of carbonyl (C=O) groups excluding carboxylic acids is 1. The maximum absolute atomic E-state index is 13.2. The fourth-order valence-corrected chi connectivity index (χ4v) is 3.85. The third-order valence-corrected chi connectivity index (χ3v) is 5.64. The van der Waals surface area contributed by atoms with Crippen LogP contribution in [0.15, 0.2) is 42.5 Å². The van der Waals surface area contributed by atoms with E-state index in [1.165, 1.54) is 13.2 Å². The van der Waals surface area contributed by atoms with Crippen LogP contribution in [-0.2, 0) is 15.7 Å². The van der Waals surface area contributed by atoms with Crippen LogP contribution in [0, 0.1) is 5.92 Å². The molecule has 4 rings (SSSR count). The van der Waals surface area contributed by atoms with Crippen LogP contribution >= 0.6 is 0 Å². The van der Waals surface area contributed by atoms with E-state index in [0.29, 0.717) is 31.7 Å². The van der Waals surface area contributed by atoms with Crippen molar-refractivity contribution in [3.05, 3.63) is 48.0 Å².